The number of aryl methyl sites for hydroxylation is 1. The maximum Gasteiger partial charge on any atom is 0.217 e. The first kappa shape index (κ1) is 22.4. The number of H-pyrrole nitrogens is 1. The summed E-state index contributed by atoms with van der Waals surface area (Å²) in [5.41, 5.74) is 3.69. The second-order valence-corrected chi connectivity index (χ2v) is 7.95. The molecule has 0 aliphatic carbocycles. The third-order valence-electron chi connectivity index (χ3n) is 5.47. The largest absolute Gasteiger partial charge is 0.291 e. The fourth-order valence-electron chi connectivity index (χ4n) is 3.62. The van der Waals surface area contributed by atoms with Gasteiger partial charge in [-0.2, -0.15) is 5.21 Å². The predicted molar refractivity (Wildman–Crippen MR) is 124 cm³/mol. The Hall–Kier alpha value is -3.75. The highest BCUT2D eigenvalue weighted by Crippen LogP contribution is 2.29. The number of Topliss-reactive ketones (excluding diaryl/α,β-unsaturated/α-hetero) is 1. The molecule has 0 spiro atoms. The summed E-state index contributed by atoms with van der Waals surface area (Å²) in [5, 5.41) is 18.9. The Kier molecular flexibility index (Phi) is 7.29. The van der Waals surface area contributed by atoms with Crippen LogP contribution in [0.1, 0.15) is 68.1 Å². The lowest BCUT2D eigenvalue weighted by molar-refractivity contribution is 0.0969. The summed E-state index contributed by atoms with van der Waals surface area (Å²) >= 11 is 0. The van der Waals surface area contributed by atoms with Crippen molar-refractivity contribution in [2.24, 2.45) is 0 Å². The first-order chi connectivity index (χ1) is 16.2. The normalized spacial score (nSPS) is 11.1. The summed E-state index contributed by atoms with van der Waals surface area (Å²) in [5.74, 6) is 1.64. The number of hydrogen-bond acceptors (Lipinski definition) is 7. The van der Waals surface area contributed by atoms with Crippen molar-refractivity contribution < 1.29 is 4.79 Å². The number of aromatic nitrogens is 8. The highest BCUT2D eigenvalue weighted by atomic mass is 16.1. The van der Waals surface area contributed by atoms with Gasteiger partial charge in [0.2, 0.25) is 17.4 Å². The Morgan fingerprint density at radius 2 is 1.85 bits per heavy atom. The molecule has 0 bridgehead atoms. The number of tetrazole rings is 1. The molecule has 4 aromatic rings. The molecule has 0 fully saturated rings. The number of rotatable bonds is 11. The lowest BCUT2D eigenvalue weighted by atomic mass is 10.0. The van der Waals surface area contributed by atoms with Gasteiger partial charge in [0.15, 0.2) is 0 Å². The number of hydrogen-bond donors (Lipinski definition) is 1. The van der Waals surface area contributed by atoms with Crippen LogP contribution < -0.4 is 0 Å². The van der Waals surface area contributed by atoms with Crippen molar-refractivity contribution in [3.63, 3.8) is 0 Å². The number of unbranched alkanes of at least 4 members (excludes halogenated alkanes) is 2. The lowest BCUT2D eigenvalue weighted by Gasteiger charge is -2.08. The molecule has 0 aliphatic heterocycles. The molecule has 0 atom stereocenters. The van der Waals surface area contributed by atoms with Gasteiger partial charge in [0.25, 0.3) is 0 Å². The van der Waals surface area contributed by atoms with E-state index in [9.17, 15) is 4.79 Å². The molecule has 0 unspecified atom stereocenters. The Labute approximate surface area is 192 Å². The van der Waals surface area contributed by atoms with Crippen LogP contribution in [-0.4, -0.2) is 46.2 Å². The van der Waals surface area contributed by atoms with Crippen LogP contribution in [0, 0.1) is 0 Å². The van der Waals surface area contributed by atoms with E-state index in [-0.39, 0.29) is 5.78 Å². The minimum Gasteiger partial charge on any atom is -0.291 e. The fourth-order valence-corrected chi connectivity index (χ4v) is 3.62. The molecule has 1 N–H and O–H groups in total. The van der Waals surface area contributed by atoms with Gasteiger partial charge >= 0.3 is 0 Å². The molecule has 33 heavy (non-hydrogen) atoms. The molecule has 0 aliphatic rings. The second kappa shape index (κ2) is 10.7. The van der Waals surface area contributed by atoms with Gasteiger partial charge in [0.1, 0.15) is 5.82 Å². The van der Waals surface area contributed by atoms with Gasteiger partial charge in [-0.3, -0.25) is 9.78 Å². The molecular weight excluding hydrogens is 416 g/mol. The van der Waals surface area contributed by atoms with Crippen molar-refractivity contribution in [1.82, 2.24) is 40.4 Å². The maximum absolute atomic E-state index is 12.5. The summed E-state index contributed by atoms with van der Waals surface area (Å²) in [7, 11) is 0. The van der Waals surface area contributed by atoms with Crippen molar-refractivity contribution in [3.05, 3.63) is 59.9 Å². The molecule has 0 amide bonds. The molecule has 9 nitrogen and oxygen atoms in total. The van der Waals surface area contributed by atoms with E-state index in [2.05, 4.69) is 49.5 Å². The number of benzene rings is 1. The van der Waals surface area contributed by atoms with Crippen molar-refractivity contribution in [1.29, 1.82) is 0 Å². The molecule has 1 aromatic carbocycles. The summed E-state index contributed by atoms with van der Waals surface area (Å²) in [4.78, 5) is 21.7. The van der Waals surface area contributed by atoms with E-state index in [4.69, 9.17) is 0 Å². The second-order valence-electron chi connectivity index (χ2n) is 7.95. The number of nitrogens with zero attached hydrogens (tertiary/aromatic N) is 7. The molecule has 0 radical (unpaired) electrons. The number of aromatic amines is 1. The Balaban J connectivity index is 1.56. The smallest absolute Gasteiger partial charge is 0.217 e. The standard InChI is InChI=1S/C24H28N8O/c1-3-5-11-21(33)24-26-22(32(29-24)14-6-4-2)15-18-13-12-17(16-25-18)19-9-7-8-10-20(19)23-27-30-31-28-23/h7-10,12-13,16H,3-6,11,14-15H2,1-2H3,(H,27,28,30,31). The minimum atomic E-state index is 0.00901. The highest BCUT2D eigenvalue weighted by molar-refractivity contribution is 5.92. The Morgan fingerprint density at radius 1 is 1.03 bits per heavy atom. The maximum atomic E-state index is 12.5. The zero-order chi connectivity index (χ0) is 23.0. The van der Waals surface area contributed by atoms with E-state index < -0.39 is 0 Å². The van der Waals surface area contributed by atoms with Gasteiger partial charge in [-0.15, -0.1) is 15.3 Å². The number of nitrogens with one attached hydrogen (secondary N) is 1. The molecule has 0 saturated heterocycles. The zero-order valence-corrected chi connectivity index (χ0v) is 19.0. The van der Waals surface area contributed by atoms with Crippen LogP contribution in [0.3, 0.4) is 0 Å². The van der Waals surface area contributed by atoms with Gasteiger partial charge < -0.3 is 0 Å². The third-order valence-corrected chi connectivity index (χ3v) is 5.47. The summed E-state index contributed by atoms with van der Waals surface area (Å²) in [6.07, 6.45) is 6.70. The van der Waals surface area contributed by atoms with Crippen LogP contribution >= 0.6 is 0 Å². The van der Waals surface area contributed by atoms with Crippen molar-refractivity contribution in [3.8, 4) is 22.5 Å². The minimum absolute atomic E-state index is 0.00901. The lowest BCUT2D eigenvalue weighted by Crippen LogP contribution is -2.07. The van der Waals surface area contributed by atoms with Gasteiger partial charge in [0.05, 0.1) is 0 Å². The average Bonchev–Trinajstić information content (AvgIpc) is 3.52. The van der Waals surface area contributed by atoms with Gasteiger partial charge in [0, 0.05) is 42.4 Å². The topological polar surface area (TPSA) is 115 Å². The summed E-state index contributed by atoms with van der Waals surface area (Å²) in [6, 6.07) is 11.9. The van der Waals surface area contributed by atoms with Crippen LogP contribution in [0.25, 0.3) is 22.5 Å². The number of pyridine rings is 1. The number of ketones is 1. The molecule has 170 valence electrons. The van der Waals surface area contributed by atoms with Crippen LogP contribution in [0.2, 0.25) is 0 Å². The van der Waals surface area contributed by atoms with Gasteiger partial charge in [-0.1, -0.05) is 57.0 Å². The van der Waals surface area contributed by atoms with E-state index in [0.29, 0.717) is 24.5 Å². The fraction of sp³-hybridized carbons (Fsp3) is 0.375. The van der Waals surface area contributed by atoms with E-state index in [1.165, 1.54) is 0 Å². The van der Waals surface area contributed by atoms with Gasteiger partial charge in [-0.25, -0.2) is 9.67 Å². The molecule has 0 saturated carbocycles. The van der Waals surface area contributed by atoms with Crippen LogP contribution in [-0.2, 0) is 13.0 Å². The number of carbonyl (C=O) groups is 1. The molecule has 9 heteroatoms. The monoisotopic (exact) mass is 444 g/mol. The summed E-state index contributed by atoms with van der Waals surface area (Å²) < 4.78 is 1.86. The molecule has 4 rings (SSSR count). The number of carbonyl (C=O) groups excluding carboxylic acids is 1. The van der Waals surface area contributed by atoms with Crippen LogP contribution in [0.5, 0.6) is 0 Å². The van der Waals surface area contributed by atoms with E-state index in [1.807, 2.05) is 47.3 Å². The molecular formula is C24H28N8O. The van der Waals surface area contributed by atoms with E-state index in [0.717, 1.165) is 60.4 Å². The third kappa shape index (κ3) is 5.36. The quantitative estimate of drug-likeness (QED) is 0.343. The van der Waals surface area contributed by atoms with Crippen molar-refractivity contribution in [2.75, 3.05) is 0 Å². The van der Waals surface area contributed by atoms with E-state index in [1.54, 1.807) is 0 Å². The first-order valence-electron chi connectivity index (χ1n) is 11.4. The van der Waals surface area contributed by atoms with Crippen molar-refractivity contribution in [2.45, 2.75) is 58.9 Å². The van der Waals surface area contributed by atoms with E-state index >= 15 is 0 Å². The molecule has 3 heterocycles. The SMILES string of the molecule is CCCCC(=O)c1nc(Cc2ccc(-c3ccccc3-c3nn[nH]n3)cn2)n(CCCC)n1. The molecule has 3 aromatic heterocycles. The first-order valence-corrected chi connectivity index (χ1v) is 11.4. The zero-order valence-electron chi connectivity index (χ0n) is 19.0. The van der Waals surface area contributed by atoms with Crippen LogP contribution in [0.4, 0.5) is 0 Å². The Morgan fingerprint density at radius 3 is 2.55 bits per heavy atom. The Bertz CT molecular complexity index is 1180. The average molecular weight is 445 g/mol. The predicted octanol–water partition coefficient (Wildman–Crippen LogP) is 4.28. The van der Waals surface area contributed by atoms with Gasteiger partial charge in [-0.05, 0) is 29.7 Å². The highest BCUT2D eigenvalue weighted by Gasteiger charge is 2.17. The van der Waals surface area contributed by atoms with Crippen LogP contribution in [0.15, 0.2) is 42.6 Å². The van der Waals surface area contributed by atoms with Crippen molar-refractivity contribution >= 4 is 5.78 Å². The summed E-state index contributed by atoms with van der Waals surface area (Å²) in [6.45, 7) is 4.95.